The number of fused-ring (bicyclic) bond motifs is 1. The molecule has 3 aliphatic heterocycles. The number of nitrogens with one attached hydrogen (secondary N) is 4. The summed E-state index contributed by atoms with van der Waals surface area (Å²) in [5.74, 6) is -4.05. The fourth-order valence-electron chi connectivity index (χ4n) is 6.75. The minimum absolute atomic E-state index is 0.295. The van der Waals surface area contributed by atoms with Gasteiger partial charge in [0, 0.05) is 30.4 Å². The number of para-hydroxylation sites is 2. The molecule has 8 atom stereocenters. The van der Waals surface area contributed by atoms with Crippen LogP contribution in [-0.2, 0) is 23.9 Å². The fourth-order valence-corrected chi connectivity index (χ4v) is 6.75. The smallest absolute Gasteiger partial charge is 0.330 e. The lowest BCUT2D eigenvalue weighted by Gasteiger charge is -2.30. The number of carbonyl (C=O) groups excluding carboxylic acids is 4. The Morgan fingerprint density at radius 3 is 2.38 bits per heavy atom. The molecule has 16 nitrogen and oxygen atoms in total. The van der Waals surface area contributed by atoms with E-state index in [-0.39, 0.29) is 6.54 Å². The summed E-state index contributed by atoms with van der Waals surface area (Å²) in [5.41, 5.74) is -2.18. The number of aliphatic hydroxyl groups excluding tert-OH is 2. The predicted molar refractivity (Wildman–Crippen MR) is 166 cm³/mol. The van der Waals surface area contributed by atoms with Crippen LogP contribution in [0.25, 0.3) is 0 Å². The molecule has 0 unspecified atom stereocenters. The lowest BCUT2D eigenvalue weighted by Crippen LogP contribution is -2.59. The molecule has 2 aromatic carbocycles. The number of hydrogen-bond donors (Lipinski definition) is 6. The summed E-state index contributed by atoms with van der Waals surface area (Å²) >= 11 is 0. The van der Waals surface area contributed by atoms with Crippen molar-refractivity contribution in [1.29, 1.82) is 0 Å². The Labute approximate surface area is 272 Å². The maximum Gasteiger partial charge on any atom is 0.330 e. The van der Waals surface area contributed by atoms with Gasteiger partial charge in [-0.3, -0.25) is 38.8 Å². The summed E-state index contributed by atoms with van der Waals surface area (Å²) in [6.07, 6.45) is -4.39. The highest BCUT2D eigenvalue weighted by Gasteiger charge is 2.66. The van der Waals surface area contributed by atoms with Gasteiger partial charge in [0.2, 0.25) is 23.6 Å². The second-order valence-corrected chi connectivity index (χ2v) is 12.0. The summed E-state index contributed by atoms with van der Waals surface area (Å²) in [6, 6.07) is 15.7. The van der Waals surface area contributed by atoms with Crippen molar-refractivity contribution in [3.8, 4) is 5.75 Å². The van der Waals surface area contributed by atoms with E-state index in [1.54, 1.807) is 54.6 Å². The lowest BCUT2D eigenvalue weighted by atomic mass is 9.79. The van der Waals surface area contributed by atoms with Crippen LogP contribution >= 0.6 is 0 Å². The Morgan fingerprint density at radius 2 is 1.67 bits per heavy atom. The largest absolute Gasteiger partial charge is 0.496 e. The van der Waals surface area contributed by atoms with Gasteiger partial charge in [-0.15, -0.1) is 0 Å². The molecule has 0 bridgehead atoms. The van der Waals surface area contributed by atoms with Gasteiger partial charge in [-0.2, -0.15) is 0 Å². The molecule has 6 rings (SSSR count). The molecule has 0 saturated carbocycles. The van der Waals surface area contributed by atoms with Crippen molar-refractivity contribution in [1.82, 2.24) is 25.5 Å². The van der Waals surface area contributed by atoms with Crippen LogP contribution in [0.1, 0.15) is 24.8 Å². The number of ether oxygens (including phenoxy) is 2. The zero-order valence-corrected chi connectivity index (χ0v) is 25.9. The normalized spacial score (nSPS) is 29.5. The first-order valence-electron chi connectivity index (χ1n) is 15.2. The lowest BCUT2D eigenvalue weighted by molar-refractivity contribution is -0.134. The Hall–Kier alpha value is -5.16. The van der Waals surface area contributed by atoms with Gasteiger partial charge in [-0.05, 0) is 25.1 Å². The van der Waals surface area contributed by atoms with E-state index >= 15 is 0 Å². The van der Waals surface area contributed by atoms with E-state index in [1.165, 1.54) is 14.0 Å². The predicted octanol–water partition coefficient (Wildman–Crippen LogP) is -1.69. The Bertz CT molecular complexity index is 1860. The molecular weight excluding hydrogens is 628 g/mol. The van der Waals surface area contributed by atoms with E-state index in [0.29, 0.717) is 17.0 Å². The van der Waals surface area contributed by atoms with E-state index in [9.17, 15) is 39.0 Å². The molecule has 3 saturated heterocycles. The summed E-state index contributed by atoms with van der Waals surface area (Å²) in [5, 5.41) is 29.2. The number of aromatic nitrogens is 2. The molecule has 6 N–H and O–H groups in total. The van der Waals surface area contributed by atoms with Crippen LogP contribution in [0.4, 0.5) is 5.69 Å². The van der Waals surface area contributed by atoms with Crippen molar-refractivity contribution < 1.29 is 38.9 Å². The van der Waals surface area contributed by atoms with E-state index in [4.69, 9.17) is 9.47 Å². The number of benzene rings is 2. The van der Waals surface area contributed by atoms with Crippen molar-refractivity contribution in [2.45, 2.75) is 43.0 Å². The number of methoxy groups -OCH3 is 1. The van der Waals surface area contributed by atoms with Crippen LogP contribution in [0, 0.1) is 11.8 Å². The number of H-pyrrole nitrogens is 1. The number of carbonyl (C=O) groups is 4. The molecule has 3 aliphatic rings. The SMILES string of the molecule is COc1ccccc1[C@H]1N[C@@](C)(C(=O)NCC(=O)NC[C@H]2O[C@@H](n3ccc(=O)[nH]c3=O)[C@H](O)[C@@H]2O)[C@H]2C(=O)N(c3ccccc3)C(=O)[C@@H]12. The minimum Gasteiger partial charge on any atom is -0.496 e. The summed E-state index contributed by atoms with van der Waals surface area (Å²) in [4.78, 5) is 81.1. The molecule has 4 heterocycles. The number of aliphatic hydroxyl groups is 2. The average Bonchev–Trinajstić information content (AvgIpc) is 3.66. The highest BCUT2D eigenvalue weighted by Crippen LogP contribution is 2.51. The van der Waals surface area contributed by atoms with Crippen LogP contribution in [0.3, 0.4) is 0 Å². The van der Waals surface area contributed by atoms with Crippen molar-refractivity contribution in [3.05, 3.63) is 93.3 Å². The van der Waals surface area contributed by atoms with E-state index in [2.05, 4.69) is 16.0 Å². The van der Waals surface area contributed by atoms with Gasteiger partial charge in [-0.1, -0.05) is 36.4 Å². The summed E-state index contributed by atoms with van der Waals surface area (Å²) in [6.45, 7) is 0.679. The van der Waals surface area contributed by atoms with Gasteiger partial charge in [0.15, 0.2) is 6.23 Å². The molecule has 1 aromatic heterocycles. The van der Waals surface area contributed by atoms with Crippen molar-refractivity contribution in [3.63, 3.8) is 0 Å². The molecular formula is C32H34N6O10. The maximum atomic E-state index is 13.9. The Balaban J connectivity index is 1.16. The number of anilines is 1. The molecule has 48 heavy (non-hydrogen) atoms. The van der Waals surface area contributed by atoms with Crippen LogP contribution in [0.15, 0.2) is 76.4 Å². The van der Waals surface area contributed by atoms with Gasteiger partial charge in [0.1, 0.15) is 29.6 Å². The van der Waals surface area contributed by atoms with Crippen molar-refractivity contribution in [2.75, 3.05) is 25.1 Å². The summed E-state index contributed by atoms with van der Waals surface area (Å²) in [7, 11) is 1.48. The number of amides is 4. The second-order valence-electron chi connectivity index (χ2n) is 12.0. The molecule has 252 valence electrons. The van der Waals surface area contributed by atoms with Crippen LogP contribution in [0.2, 0.25) is 0 Å². The maximum absolute atomic E-state index is 13.9. The van der Waals surface area contributed by atoms with Gasteiger partial charge >= 0.3 is 5.69 Å². The number of aromatic amines is 1. The monoisotopic (exact) mass is 662 g/mol. The number of nitrogens with zero attached hydrogens (tertiary/aromatic N) is 2. The first-order valence-corrected chi connectivity index (χ1v) is 15.2. The standard InChI is InChI=1S/C32H34N6O10/c1-32(30(45)34-15-21(40)33-14-19-25(41)26(42)29(48-19)37-13-12-20(39)35-31(37)46)23-22(24(36-32)17-10-6-7-11-18(17)47-2)27(43)38(28(23)44)16-8-4-3-5-9-16/h3-13,19,22-26,29,36,41-42H,14-15H2,1-2H3,(H,33,40)(H,34,45)(H,35,39,46)/t19-,22-,23-,24-,25-,26-,29-,32-/m1/s1. The molecule has 0 aliphatic carbocycles. The van der Waals surface area contributed by atoms with Gasteiger partial charge in [0.05, 0.1) is 31.2 Å². The van der Waals surface area contributed by atoms with Crippen LogP contribution in [-0.4, -0.2) is 87.4 Å². The van der Waals surface area contributed by atoms with Gasteiger partial charge < -0.3 is 30.3 Å². The zero-order valence-electron chi connectivity index (χ0n) is 25.9. The molecule has 0 spiro atoms. The van der Waals surface area contributed by atoms with Crippen LogP contribution < -0.4 is 36.8 Å². The average molecular weight is 663 g/mol. The topological polar surface area (TPSA) is 221 Å². The zero-order chi connectivity index (χ0) is 34.3. The second kappa shape index (κ2) is 12.8. The highest BCUT2D eigenvalue weighted by atomic mass is 16.6. The first kappa shape index (κ1) is 32.8. The van der Waals surface area contributed by atoms with Crippen LogP contribution in [0.5, 0.6) is 5.75 Å². The van der Waals surface area contributed by atoms with E-state index in [1.807, 2.05) is 4.98 Å². The van der Waals surface area contributed by atoms with Gasteiger partial charge in [-0.25, -0.2) is 9.69 Å². The van der Waals surface area contributed by atoms with Gasteiger partial charge in [0.25, 0.3) is 5.56 Å². The summed E-state index contributed by atoms with van der Waals surface area (Å²) < 4.78 is 12.0. The Kier molecular flexibility index (Phi) is 8.74. The first-order chi connectivity index (χ1) is 23.0. The fraction of sp³-hybridized carbons (Fsp3) is 0.375. The minimum atomic E-state index is -1.63. The highest BCUT2D eigenvalue weighted by molar-refractivity contribution is 6.24. The number of imide groups is 1. The van der Waals surface area contributed by atoms with Crippen molar-refractivity contribution in [2.24, 2.45) is 11.8 Å². The number of hydrogen-bond acceptors (Lipinski definition) is 11. The molecule has 4 amide bonds. The third kappa shape index (κ3) is 5.57. The van der Waals surface area contributed by atoms with Crippen molar-refractivity contribution >= 4 is 29.3 Å². The Morgan fingerprint density at radius 1 is 0.958 bits per heavy atom. The third-order valence-corrected chi connectivity index (χ3v) is 9.12. The molecule has 0 radical (unpaired) electrons. The molecule has 16 heteroatoms. The molecule has 3 aromatic rings. The quantitative estimate of drug-likeness (QED) is 0.142. The molecule has 3 fully saturated rings. The van der Waals surface area contributed by atoms with E-state index < -0.39 is 89.4 Å². The number of rotatable bonds is 9. The third-order valence-electron chi connectivity index (χ3n) is 9.12. The van der Waals surface area contributed by atoms with E-state index in [0.717, 1.165) is 21.7 Å².